The van der Waals surface area contributed by atoms with Gasteiger partial charge in [0.1, 0.15) is 5.75 Å². The zero-order valence-corrected chi connectivity index (χ0v) is 12.7. The van der Waals surface area contributed by atoms with Crippen molar-refractivity contribution in [1.82, 2.24) is 10.3 Å². The van der Waals surface area contributed by atoms with Crippen LogP contribution in [0.3, 0.4) is 0 Å². The summed E-state index contributed by atoms with van der Waals surface area (Å²) < 4.78 is 11.2. The van der Waals surface area contributed by atoms with E-state index in [2.05, 4.69) is 35.1 Å². The largest absolute Gasteiger partial charge is 0.492 e. The zero-order chi connectivity index (χ0) is 14.4. The molecule has 0 amide bonds. The molecule has 0 bridgehead atoms. The van der Waals surface area contributed by atoms with Gasteiger partial charge in [0.2, 0.25) is 0 Å². The molecular formula is C15H25N3O2. The van der Waals surface area contributed by atoms with E-state index in [4.69, 9.17) is 9.47 Å². The Kier molecular flexibility index (Phi) is 5.20. The Morgan fingerprint density at radius 3 is 2.75 bits per heavy atom. The highest BCUT2D eigenvalue weighted by Crippen LogP contribution is 2.21. The van der Waals surface area contributed by atoms with Gasteiger partial charge in [-0.1, -0.05) is 0 Å². The molecule has 1 fully saturated rings. The molecule has 20 heavy (non-hydrogen) atoms. The number of hydrogen-bond donors (Lipinski definition) is 1. The molecule has 0 spiro atoms. The molecule has 1 aromatic heterocycles. The average Bonchev–Trinajstić information content (AvgIpc) is 2.48. The topological polar surface area (TPSA) is 46.6 Å². The Hall–Kier alpha value is -1.33. The summed E-state index contributed by atoms with van der Waals surface area (Å²) >= 11 is 0. The second kappa shape index (κ2) is 6.90. The Balaban J connectivity index is 1.89. The van der Waals surface area contributed by atoms with Crippen molar-refractivity contribution >= 4 is 5.69 Å². The molecule has 0 aromatic carbocycles. The number of piperazine rings is 1. The van der Waals surface area contributed by atoms with Crippen LogP contribution in [-0.2, 0) is 4.74 Å². The van der Waals surface area contributed by atoms with Crippen LogP contribution in [0.25, 0.3) is 0 Å². The van der Waals surface area contributed by atoms with E-state index < -0.39 is 0 Å². The van der Waals surface area contributed by atoms with Crippen molar-refractivity contribution in [1.29, 1.82) is 0 Å². The Morgan fingerprint density at radius 2 is 2.05 bits per heavy atom. The molecule has 112 valence electrons. The van der Waals surface area contributed by atoms with Gasteiger partial charge in [0, 0.05) is 45.8 Å². The van der Waals surface area contributed by atoms with Gasteiger partial charge in [-0.25, -0.2) is 0 Å². The zero-order valence-electron chi connectivity index (χ0n) is 12.7. The van der Waals surface area contributed by atoms with Crippen LogP contribution in [-0.4, -0.2) is 50.5 Å². The van der Waals surface area contributed by atoms with E-state index in [0.29, 0.717) is 6.61 Å². The number of hydrogen-bond acceptors (Lipinski definition) is 5. The molecule has 1 aliphatic heterocycles. The molecule has 0 aliphatic carbocycles. The van der Waals surface area contributed by atoms with E-state index in [1.165, 1.54) is 0 Å². The lowest BCUT2D eigenvalue weighted by Crippen LogP contribution is -2.43. The highest BCUT2D eigenvalue weighted by molar-refractivity contribution is 5.48. The number of anilines is 1. The molecule has 0 saturated carbocycles. The van der Waals surface area contributed by atoms with E-state index in [1.54, 1.807) is 13.3 Å². The lowest BCUT2D eigenvalue weighted by atomic mass is 10.1. The normalized spacial score (nSPS) is 16.2. The fraction of sp³-hybridized carbons (Fsp3) is 0.667. The SMILES string of the molecule is COC(C)(C)CCOc1cncc(N2CCNCC2)c1. The summed E-state index contributed by atoms with van der Waals surface area (Å²) in [7, 11) is 1.73. The van der Waals surface area contributed by atoms with E-state index >= 15 is 0 Å². The molecule has 1 aliphatic rings. The van der Waals surface area contributed by atoms with Crippen LogP contribution in [0.2, 0.25) is 0 Å². The lowest BCUT2D eigenvalue weighted by Gasteiger charge is -2.29. The molecule has 0 unspecified atom stereocenters. The Morgan fingerprint density at radius 1 is 1.30 bits per heavy atom. The van der Waals surface area contributed by atoms with Gasteiger partial charge in [0.25, 0.3) is 0 Å². The maximum absolute atomic E-state index is 5.79. The third-order valence-electron chi connectivity index (χ3n) is 3.71. The van der Waals surface area contributed by atoms with E-state index in [9.17, 15) is 0 Å². The monoisotopic (exact) mass is 279 g/mol. The summed E-state index contributed by atoms with van der Waals surface area (Å²) in [6.07, 6.45) is 4.52. The summed E-state index contributed by atoms with van der Waals surface area (Å²) in [5.74, 6) is 0.827. The fourth-order valence-electron chi connectivity index (χ4n) is 2.10. The maximum Gasteiger partial charge on any atom is 0.139 e. The van der Waals surface area contributed by atoms with E-state index in [1.807, 2.05) is 6.20 Å². The van der Waals surface area contributed by atoms with Crippen molar-refractivity contribution in [3.8, 4) is 5.75 Å². The number of nitrogens with one attached hydrogen (secondary N) is 1. The van der Waals surface area contributed by atoms with Crippen molar-refractivity contribution < 1.29 is 9.47 Å². The summed E-state index contributed by atoms with van der Waals surface area (Å²) in [5, 5.41) is 3.35. The molecule has 2 heterocycles. The highest BCUT2D eigenvalue weighted by atomic mass is 16.5. The first-order valence-corrected chi connectivity index (χ1v) is 7.19. The molecule has 2 rings (SSSR count). The molecule has 5 nitrogen and oxygen atoms in total. The summed E-state index contributed by atoms with van der Waals surface area (Å²) in [5.41, 5.74) is 0.985. The number of pyridine rings is 1. The first-order valence-electron chi connectivity index (χ1n) is 7.19. The molecule has 1 aromatic rings. The van der Waals surface area contributed by atoms with Crippen LogP contribution in [0.4, 0.5) is 5.69 Å². The second-order valence-electron chi connectivity index (χ2n) is 5.68. The molecular weight excluding hydrogens is 254 g/mol. The van der Waals surface area contributed by atoms with Crippen LogP contribution in [0, 0.1) is 0 Å². The van der Waals surface area contributed by atoms with Crippen LogP contribution in [0.5, 0.6) is 5.75 Å². The fourth-order valence-corrected chi connectivity index (χ4v) is 2.10. The van der Waals surface area contributed by atoms with Gasteiger partial charge in [-0.3, -0.25) is 4.98 Å². The quantitative estimate of drug-likeness (QED) is 0.858. The highest BCUT2D eigenvalue weighted by Gasteiger charge is 2.16. The molecule has 1 saturated heterocycles. The number of rotatable bonds is 6. The minimum absolute atomic E-state index is 0.149. The van der Waals surface area contributed by atoms with Gasteiger partial charge in [-0.15, -0.1) is 0 Å². The summed E-state index contributed by atoms with van der Waals surface area (Å²) in [4.78, 5) is 6.61. The average molecular weight is 279 g/mol. The molecule has 1 N–H and O–H groups in total. The van der Waals surface area contributed by atoms with Crippen LogP contribution in [0.15, 0.2) is 18.5 Å². The Labute approximate surface area is 121 Å². The number of nitrogens with zero attached hydrogens (tertiary/aromatic N) is 2. The van der Waals surface area contributed by atoms with Crippen LogP contribution >= 0.6 is 0 Å². The minimum atomic E-state index is -0.149. The number of aromatic nitrogens is 1. The first-order chi connectivity index (χ1) is 9.61. The van der Waals surface area contributed by atoms with Gasteiger partial charge in [-0.2, -0.15) is 0 Å². The van der Waals surface area contributed by atoms with E-state index in [0.717, 1.165) is 44.0 Å². The van der Waals surface area contributed by atoms with Gasteiger partial charge < -0.3 is 19.7 Å². The molecule has 0 atom stereocenters. The smallest absolute Gasteiger partial charge is 0.139 e. The molecule has 0 radical (unpaired) electrons. The summed E-state index contributed by atoms with van der Waals surface area (Å²) in [6, 6.07) is 2.07. The van der Waals surface area contributed by atoms with Crippen LogP contribution < -0.4 is 15.0 Å². The van der Waals surface area contributed by atoms with Gasteiger partial charge >= 0.3 is 0 Å². The minimum Gasteiger partial charge on any atom is -0.492 e. The summed E-state index contributed by atoms with van der Waals surface area (Å²) in [6.45, 7) is 8.83. The Bertz CT molecular complexity index is 417. The molecule has 5 heteroatoms. The third kappa shape index (κ3) is 4.35. The van der Waals surface area contributed by atoms with Gasteiger partial charge in [0.15, 0.2) is 0 Å². The van der Waals surface area contributed by atoms with Gasteiger partial charge in [-0.05, 0) is 13.8 Å². The predicted octanol–water partition coefficient (Wildman–Crippen LogP) is 1.69. The maximum atomic E-state index is 5.79. The van der Waals surface area contributed by atoms with Crippen molar-refractivity contribution in [3.63, 3.8) is 0 Å². The van der Waals surface area contributed by atoms with Crippen molar-refractivity contribution in [2.45, 2.75) is 25.9 Å². The van der Waals surface area contributed by atoms with E-state index in [-0.39, 0.29) is 5.60 Å². The third-order valence-corrected chi connectivity index (χ3v) is 3.71. The standard InChI is InChI=1S/C15H25N3O2/c1-15(2,19-3)4-9-20-14-10-13(11-17-12-14)18-7-5-16-6-8-18/h10-12,16H,4-9H2,1-3H3. The number of ether oxygens (including phenoxy) is 2. The lowest BCUT2D eigenvalue weighted by molar-refractivity contribution is 0.00543. The van der Waals surface area contributed by atoms with Gasteiger partial charge in [0.05, 0.1) is 30.3 Å². The number of methoxy groups -OCH3 is 1. The van der Waals surface area contributed by atoms with Crippen molar-refractivity contribution in [2.75, 3.05) is 44.8 Å². The van der Waals surface area contributed by atoms with Crippen molar-refractivity contribution in [2.24, 2.45) is 0 Å². The second-order valence-corrected chi connectivity index (χ2v) is 5.68. The first kappa shape index (κ1) is 15.1. The predicted molar refractivity (Wildman–Crippen MR) is 80.5 cm³/mol. The van der Waals surface area contributed by atoms with Crippen LogP contribution in [0.1, 0.15) is 20.3 Å². The van der Waals surface area contributed by atoms with Crippen molar-refractivity contribution in [3.05, 3.63) is 18.5 Å².